The molecule has 11 rings (SSSR count). The molecule has 0 nitrogen and oxygen atoms in total. The van der Waals surface area contributed by atoms with Crippen molar-refractivity contribution >= 4 is 47.5 Å². The SMILES string of the molecule is CC(C)c1cc(C(C)C)c(-c2cccc(-c3c(C(C)C)cc(C(C)C)cc3C(C)C)[c]2[Sn]23[CH]=[C](c4ccccc4)[Sn]4([c]5c(-c6c(C(C)C)cc(C(C)C)cc6C(C)C)cccc5-c5c(C(C)C)cc(C(C)C)cc5C(C)C)[CH2]C([CH2]2)C([CH2]3)[CH2]4)c(C(C)C)c1. The Kier molecular flexibility index (Phi) is 19.8. The Labute approximate surface area is 545 Å². The zero-order valence-corrected chi connectivity index (χ0v) is 65.2. The van der Waals surface area contributed by atoms with Crippen molar-refractivity contribution < 1.29 is 0 Å². The molecule has 0 N–H and O–H groups in total. The first-order chi connectivity index (χ1) is 41.5. The molecule has 7 aromatic rings. The van der Waals surface area contributed by atoms with Crippen molar-refractivity contribution in [1.29, 1.82) is 0 Å². The van der Waals surface area contributed by atoms with Crippen LogP contribution in [0.2, 0.25) is 17.7 Å². The summed E-state index contributed by atoms with van der Waals surface area (Å²) in [7, 11) is 0. The van der Waals surface area contributed by atoms with Crippen LogP contribution in [0.15, 0.2) is 119 Å². The van der Waals surface area contributed by atoms with E-state index in [0.717, 1.165) is 0 Å². The molecule has 0 amide bonds. The van der Waals surface area contributed by atoms with Gasteiger partial charge in [0.25, 0.3) is 0 Å². The first-order valence-corrected chi connectivity index (χ1v) is 49.3. The Hall–Kier alpha value is -4.12. The average Bonchev–Trinajstić information content (AvgIpc) is 1.48. The summed E-state index contributed by atoms with van der Waals surface area (Å²) < 4.78 is 14.5. The van der Waals surface area contributed by atoms with Gasteiger partial charge in [0.15, 0.2) is 0 Å². The number of rotatable bonds is 19. The van der Waals surface area contributed by atoms with Crippen molar-refractivity contribution in [2.24, 2.45) is 11.8 Å². The van der Waals surface area contributed by atoms with Gasteiger partial charge in [-0.1, -0.05) is 0 Å². The van der Waals surface area contributed by atoms with Crippen LogP contribution in [0.5, 0.6) is 0 Å². The molecule has 2 atom stereocenters. The van der Waals surface area contributed by atoms with Crippen LogP contribution in [-0.2, 0) is 0 Å². The summed E-state index contributed by atoms with van der Waals surface area (Å²) >= 11 is -7.99. The van der Waals surface area contributed by atoms with Gasteiger partial charge in [-0.25, -0.2) is 0 Å². The van der Waals surface area contributed by atoms with Crippen LogP contribution < -0.4 is 7.16 Å². The van der Waals surface area contributed by atoms with E-state index in [1.807, 2.05) is 10.7 Å². The number of hydrogen-bond donors (Lipinski definition) is 0. The van der Waals surface area contributed by atoms with Crippen molar-refractivity contribution in [2.45, 2.75) is 255 Å². The van der Waals surface area contributed by atoms with E-state index < -0.39 is 36.8 Å². The monoisotopic (exact) mass is 1390 g/mol. The molecule has 4 aliphatic rings. The molecule has 466 valence electrons. The summed E-state index contributed by atoms with van der Waals surface area (Å²) in [5, 5.41) is 0. The van der Waals surface area contributed by atoms with E-state index in [1.54, 1.807) is 89.0 Å². The molecule has 0 aliphatic carbocycles. The summed E-state index contributed by atoms with van der Waals surface area (Å²) in [5.41, 5.74) is 32.4. The van der Waals surface area contributed by atoms with E-state index in [2.05, 4.69) is 286 Å². The van der Waals surface area contributed by atoms with Crippen molar-refractivity contribution in [3.8, 4) is 44.5 Å². The minimum absolute atomic E-state index is 0.372. The van der Waals surface area contributed by atoms with Gasteiger partial charge in [0.2, 0.25) is 0 Å². The molecule has 7 aromatic carbocycles. The molecule has 2 fully saturated rings. The van der Waals surface area contributed by atoms with Crippen LogP contribution in [0.4, 0.5) is 0 Å². The summed E-state index contributed by atoms with van der Waals surface area (Å²) in [6.45, 7) is 59.1. The molecule has 0 aromatic heterocycles. The van der Waals surface area contributed by atoms with Gasteiger partial charge in [0.1, 0.15) is 0 Å². The topological polar surface area (TPSA) is 0 Å². The van der Waals surface area contributed by atoms with Crippen LogP contribution in [0.25, 0.3) is 48.1 Å². The van der Waals surface area contributed by atoms with Crippen LogP contribution in [0.1, 0.15) is 310 Å². The number of benzene rings is 7. The molecule has 2 heteroatoms. The Bertz CT molecular complexity index is 3410. The van der Waals surface area contributed by atoms with Gasteiger partial charge >= 0.3 is 550 Å². The second-order valence-electron chi connectivity index (χ2n) is 32.1. The van der Waals surface area contributed by atoms with Gasteiger partial charge in [-0.2, -0.15) is 0 Å². The fourth-order valence-corrected chi connectivity index (χ4v) is 68.1. The zero-order chi connectivity index (χ0) is 63.9. The second kappa shape index (κ2) is 26.1. The standard InChI is InChI=1S/2C36H49.C8H6.C6H10.2Sn/c2*1-21(2)29-17-31(23(5)6)35(32(18-29)24(7)8)27-14-13-15-28(16-27)36-33(25(9)10)19-30(22(3)4)20-34(36)26(11)12;1-2-8-6-4-3-5-7-8;1-5(2)6(3)4;;/h2*13-15,17-26H,1-12H3;1,3-7H;5-6H,1-4H2;;. The summed E-state index contributed by atoms with van der Waals surface area (Å²) in [4.78, 5) is 0. The molecule has 2 unspecified atom stereocenters. The van der Waals surface area contributed by atoms with Crippen LogP contribution in [0.3, 0.4) is 0 Å². The average molecular weight is 1390 g/mol. The molecular weight excluding hydrogens is 1270 g/mol. The number of hydrogen-bond acceptors (Lipinski definition) is 0. The van der Waals surface area contributed by atoms with Crippen LogP contribution in [-0.4, -0.2) is 36.8 Å². The molecule has 2 saturated heterocycles. The Morgan fingerprint density at radius 1 is 0.273 bits per heavy atom. The van der Waals surface area contributed by atoms with Crippen molar-refractivity contribution in [3.05, 3.63) is 192 Å². The zero-order valence-electron chi connectivity index (χ0n) is 59.5. The molecule has 88 heavy (non-hydrogen) atoms. The van der Waals surface area contributed by atoms with Crippen molar-refractivity contribution in [3.63, 3.8) is 0 Å². The molecule has 4 heterocycles. The quantitative estimate of drug-likeness (QED) is 0.0708. The molecule has 4 aliphatic heterocycles. The normalized spacial score (nSPS) is 19.4. The third kappa shape index (κ3) is 12.0. The first kappa shape index (κ1) is 66.8. The molecule has 0 radical (unpaired) electrons. The van der Waals surface area contributed by atoms with E-state index in [0.29, 0.717) is 82.9 Å². The molecule has 0 saturated carbocycles. The fourth-order valence-electron chi connectivity index (χ4n) is 17.2. The van der Waals surface area contributed by atoms with Crippen LogP contribution >= 0.6 is 0 Å². The van der Waals surface area contributed by atoms with E-state index in [9.17, 15) is 0 Å². The maximum absolute atomic E-state index is 4.06. The molecule has 0 spiro atoms. The second-order valence-corrected chi connectivity index (χ2v) is 54.8. The van der Waals surface area contributed by atoms with E-state index in [-0.39, 0.29) is 0 Å². The van der Waals surface area contributed by atoms with Gasteiger partial charge in [-0.15, -0.1) is 0 Å². The van der Waals surface area contributed by atoms with E-state index in [1.165, 1.54) is 45.6 Å². The predicted molar refractivity (Wildman–Crippen MR) is 395 cm³/mol. The molecular formula is C86H114Sn2. The summed E-state index contributed by atoms with van der Waals surface area (Å²) in [6.07, 6.45) is 0. The third-order valence-electron chi connectivity index (χ3n) is 21.9. The van der Waals surface area contributed by atoms with Gasteiger partial charge in [-0.05, 0) is 0 Å². The van der Waals surface area contributed by atoms with E-state index >= 15 is 0 Å². The summed E-state index contributed by atoms with van der Waals surface area (Å²) in [6, 6.07) is 49.3. The van der Waals surface area contributed by atoms with Gasteiger partial charge < -0.3 is 0 Å². The van der Waals surface area contributed by atoms with E-state index in [4.69, 9.17) is 0 Å². The van der Waals surface area contributed by atoms with Gasteiger partial charge in [0, 0.05) is 0 Å². The fraction of sp³-hybridized carbons (Fsp3) is 0.488. The third-order valence-corrected chi connectivity index (χ3v) is 53.6. The summed E-state index contributed by atoms with van der Waals surface area (Å²) in [5.74, 6) is 6.22. The maximum atomic E-state index is 3.33. The Balaban J connectivity index is 1.44. The first-order valence-electron chi connectivity index (χ1n) is 35.3. The Morgan fingerprint density at radius 2 is 0.523 bits per heavy atom. The van der Waals surface area contributed by atoms with Gasteiger partial charge in [0.05, 0.1) is 0 Å². The molecule has 4 bridgehead atoms. The minimum atomic E-state index is -4.06. The Morgan fingerprint density at radius 3 is 0.761 bits per heavy atom. The van der Waals surface area contributed by atoms with Crippen molar-refractivity contribution in [2.75, 3.05) is 0 Å². The van der Waals surface area contributed by atoms with Crippen LogP contribution in [0, 0.1) is 11.8 Å². The predicted octanol–water partition coefficient (Wildman–Crippen LogP) is 25.3. The van der Waals surface area contributed by atoms with Crippen molar-refractivity contribution in [1.82, 2.24) is 0 Å². The van der Waals surface area contributed by atoms with Gasteiger partial charge in [-0.3, -0.25) is 0 Å².